The lowest BCUT2D eigenvalue weighted by atomic mass is 10.3. The van der Waals surface area contributed by atoms with E-state index < -0.39 is 0 Å². The van der Waals surface area contributed by atoms with E-state index in [0.29, 0.717) is 18.8 Å². The molecule has 1 aliphatic heterocycles. The minimum Gasteiger partial charge on any atom is -0.394 e. The Morgan fingerprint density at radius 1 is 1.62 bits per heavy atom. The van der Waals surface area contributed by atoms with Gasteiger partial charge in [-0.1, -0.05) is 6.92 Å². The van der Waals surface area contributed by atoms with Crippen LogP contribution in [-0.4, -0.2) is 28.9 Å². The van der Waals surface area contributed by atoms with Gasteiger partial charge in [0.05, 0.1) is 11.9 Å². The minimum absolute atomic E-state index is 0.0880. The van der Waals surface area contributed by atoms with E-state index >= 15 is 0 Å². The molecule has 0 bridgehead atoms. The number of nitrogens with zero attached hydrogens (tertiary/aromatic N) is 3. The van der Waals surface area contributed by atoms with Crippen LogP contribution in [0.1, 0.15) is 19.8 Å². The maximum absolute atomic E-state index is 11.9. The molecule has 6 nitrogen and oxygen atoms in total. The molecule has 88 valence electrons. The predicted molar refractivity (Wildman–Crippen MR) is 62.3 cm³/mol. The van der Waals surface area contributed by atoms with Gasteiger partial charge >= 0.3 is 6.03 Å². The number of urea groups is 1. The van der Waals surface area contributed by atoms with Crippen LogP contribution in [0.15, 0.2) is 6.20 Å². The van der Waals surface area contributed by atoms with E-state index in [0.717, 1.165) is 25.2 Å². The van der Waals surface area contributed by atoms with Crippen LogP contribution in [0, 0.1) is 0 Å². The summed E-state index contributed by atoms with van der Waals surface area (Å²) in [5.74, 6) is 0.722. The lowest BCUT2D eigenvalue weighted by Gasteiger charge is -2.28. The molecule has 0 aromatic carbocycles. The first-order valence-corrected chi connectivity index (χ1v) is 5.60. The molecule has 2 amide bonds. The number of hydrogen-bond donors (Lipinski definition) is 2. The first-order valence-electron chi connectivity index (χ1n) is 5.60. The Morgan fingerprint density at radius 2 is 2.44 bits per heavy atom. The first-order chi connectivity index (χ1) is 7.74. The molecule has 1 aromatic heterocycles. The van der Waals surface area contributed by atoms with Gasteiger partial charge in [0.25, 0.3) is 0 Å². The number of nitrogen functional groups attached to an aromatic ring is 1. The van der Waals surface area contributed by atoms with Gasteiger partial charge in [-0.2, -0.15) is 5.10 Å². The number of nitrogens with two attached hydrogens (primary N) is 1. The van der Waals surface area contributed by atoms with Crippen molar-refractivity contribution in [2.45, 2.75) is 26.3 Å². The number of anilines is 2. The van der Waals surface area contributed by atoms with E-state index in [4.69, 9.17) is 5.73 Å². The summed E-state index contributed by atoms with van der Waals surface area (Å²) in [5, 5.41) is 6.99. The number of aromatic nitrogens is 2. The number of rotatable bonds is 2. The van der Waals surface area contributed by atoms with Crippen molar-refractivity contribution in [1.82, 2.24) is 15.1 Å². The summed E-state index contributed by atoms with van der Waals surface area (Å²) in [6, 6.07) is -0.0880. The van der Waals surface area contributed by atoms with Gasteiger partial charge < -0.3 is 11.1 Å². The number of amides is 2. The van der Waals surface area contributed by atoms with Crippen LogP contribution in [0.2, 0.25) is 0 Å². The van der Waals surface area contributed by atoms with Crippen molar-refractivity contribution in [2.24, 2.45) is 0 Å². The topological polar surface area (TPSA) is 76.2 Å². The highest BCUT2D eigenvalue weighted by Gasteiger charge is 2.25. The lowest BCUT2D eigenvalue weighted by Crippen LogP contribution is -2.44. The quantitative estimate of drug-likeness (QED) is 0.778. The van der Waals surface area contributed by atoms with Crippen LogP contribution < -0.4 is 16.0 Å². The fraction of sp³-hybridized carbons (Fsp3) is 0.600. The number of hydrogen-bond acceptors (Lipinski definition) is 3. The first kappa shape index (κ1) is 10.8. The molecule has 16 heavy (non-hydrogen) atoms. The Balaban J connectivity index is 2.17. The van der Waals surface area contributed by atoms with Crippen molar-refractivity contribution < 1.29 is 4.79 Å². The summed E-state index contributed by atoms with van der Waals surface area (Å²) in [7, 11) is 0. The predicted octanol–water partition coefficient (Wildman–Crippen LogP) is 0.795. The number of carbonyl (C=O) groups excluding carboxylic acids is 1. The molecule has 2 rings (SSSR count). The molecule has 0 aliphatic carbocycles. The van der Waals surface area contributed by atoms with Gasteiger partial charge in [0.1, 0.15) is 0 Å². The third-order valence-electron chi connectivity index (χ3n) is 2.62. The van der Waals surface area contributed by atoms with E-state index in [2.05, 4.69) is 10.4 Å². The molecule has 0 saturated carbocycles. The highest BCUT2D eigenvalue weighted by molar-refractivity contribution is 5.94. The third kappa shape index (κ3) is 1.82. The van der Waals surface area contributed by atoms with Crippen molar-refractivity contribution in [3.05, 3.63) is 6.20 Å². The number of carbonyl (C=O) groups is 1. The molecular weight excluding hydrogens is 206 g/mol. The molecule has 0 unspecified atom stereocenters. The van der Waals surface area contributed by atoms with Crippen molar-refractivity contribution in [3.63, 3.8) is 0 Å². The van der Waals surface area contributed by atoms with Crippen molar-refractivity contribution in [1.29, 1.82) is 0 Å². The van der Waals surface area contributed by atoms with Gasteiger partial charge in [0, 0.05) is 19.6 Å². The molecule has 2 heterocycles. The van der Waals surface area contributed by atoms with Gasteiger partial charge in [-0.05, 0) is 12.8 Å². The Morgan fingerprint density at radius 3 is 3.19 bits per heavy atom. The summed E-state index contributed by atoms with van der Waals surface area (Å²) in [6.45, 7) is 4.23. The van der Waals surface area contributed by atoms with E-state index in [-0.39, 0.29) is 6.03 Å². The molecule has 0 atom stereocenters. The Labute approximate surface area is 94.4 Å². The zero-order valence-electron chi connectivity index (χ0n) is 9.44. The van der Waals surface area contributed by atoms with E-state index in [1.54, 1.807) is 15.8 Å². The summed E-state index contributed by atoms with van der Waals surface area (Å²) in [6.07, 6.45) is 3.43. The second kappa shape index (κ2) is 4.42. The highest BCUT2D eigenvalue weighted by Crippen LogP contribution is 2.26. The van der Waals surface area contributed by atoms with Gasteiger partial charge in [-0.15, -0.1) is 0 Å². The zero-order valence-corrected chi connectivity index (χ0v) is 9.44. The fourth-order valence-corrected chi connectivity index (χ4v) is 1.86. The third-order valence-corrected chi connectivity index (χ3v) is 2.62. The lowest BCUT2D eigenvalue weighted by molar-refractivity contribution is 0.244. The van der Waals surface area contributed by atoms with Gasteiger partial charge in [-0.3, -0.25) is 4.90 Å². The van der Waals surface area contributed by atoms with E-state index in [9.17, 15) is 4.79 Å². The number of nitrogens with one attached hydrogen (secondary N) is 1. The molecule has 1 aliphatic rings. The molecular formula is C10H17N5O. The minimum atomic E-state index is -0.0880. The Kier molecular flexibility index (Phi) is 2.98. The fourth-order valence-electron chi connectivity index (χ4n) is 1.86. The number of aryl methyl sites for hydroxylation is 1. The normalized spacial score (nSPS) is 14.7. The highest BCUT2D eigenvalue weighted by atomic mass is 16.2. The Bertz CT molecular complexity index is 387. The molecule has 6 heteroatoms. The average molecular weight is 223 g/mol. The standard InChI is InChI=1S/C10H17N5O/c1-2-4-12-10(16)14-5-3-6-15-9(14)8(11)7-13-15/h7H,2-6,11H2,1H3,(H,12,16). The molecule has 0 spiro atoms. The van der Waals surface area contributed by atoms with Gasteiger partial charge in [0.2, 0.25) is 0 Å². The second-order valence-electron chi connectivity index (χ2n) is 3.88. The van der Waals surface area contributed by atoms with Crippen molar-refractivity contribution >= 4 is 17.5 Å². The van der Waals surface area contributed by atoms with Crippen molar-refractivity contribution in [2.75, 3.05) is 23.7 Å². The van der Waals surface area contributed by atoms with E-state index in [1.807, 2.05) is 6.92 Å². The summed E-state index contributed by atoms with van der Waals surface area (Å²) in [4.78, 5) is 13.6. The van der Waals surface area contributed by atoms with Crippen molar-refractivity contribution in [3.8, 4) is 0 Å². The van der Waals surface area contributed by atoms with Crippen LogP contribution in [-0.2, 0) is 6.54 Å². The summed E-state index contributed by atoms with van der Waals surface area (Å²) < 4.78 is 1.78. The second-order valence-corrected chi connectivity index (χ2v) is 3.88. The smallest absolute Gasteiger partial charge is 0.323 e. The van der Waals surface area contributed by atoms with Crippen LogP contribution in [0.4, 0.5) is 16.3 Å². The molecule has 0 saturated heterocycles. The number of fused-ring (bicyclic) bond motifs is 1. The monoisotopic (exact) mass is 223 g/mol. The van der Waals surface area contributed by atoms with Gasteiger partial charge in [-0.25, -0.2) is 9.48 Å². The molecule has 0 radical (unpaired) electrons. The summed E-state index contributed by atoms with van der Waals surface area (Å²) >= 11 is 0. The van der Waals surface area contributed by atoms with Crippen LogP contribution in [0.5, 0.6) is 0 Å². The summed E-state index contributed by atoms with van der Waals surface area (Å²) in [5.41, 5.74) is 6.37. The largest absolute Gasteiger partial charge is 0.394 e. The van der Waals surface area contributed by atoms with Gasteiger partial charge in [0.15, 0.2) is 5.82 Å². The van der Waals surface area contributed by atoms with Crippen LogP contribution in [0.3, 0.4) is 0 Å². The molecule has 1 aromatic rings. The zero-order chi connectivity index (χ0) is 11.5. The van der Waals surface area contributed by atoms with Crippen LogP contribution in [0.25, 0.3) is 0 Å². The average Bonchev–Trinajstić information content (AvgIpc) is 2.68. The van der Waals surface area contributed by atoms with E-state index in [1.165, 1.54) is 0 Å². The molecule has 3 N–H and O–H groups in total. The SMILES string of the molecule is CCCNC(=O)N1CCCn2ncc(N)c21. The van der Waals surface area contributed by atoms with Crippen LogP contribution >= 0.6 is 0 Å². The Hall–Kier alpha value is -1.72. The maximum atomic E-state index is 11.9. The molecule has 0 fully saturated rings. The maximum Gasteiger partial charge on any atom is 0.323 e.